The Hall–Kier alpha value is -3.23. The summed E-state index contributed by atoms with van der Waals surface area (Å²) in [5.74, 6) is 0.426. The molecule has 1 aliphatic rings. The quantitative estimate of drug-likeness (QED) is 0.810. The molecule has 6 nitrogen and oxygen atoms in total. The fraction of sp³-hybridized carbons (Fsp3) is 0.300. The number of hydrogen-bond donors (Lipinski definition) is 1. The molecule has 0 aromatic heterocycles. The normalized spacial score (nSPS) is 16.7. The maximum absolute atomic E-state index is 12.7. The molecule has 0 spiro atoms. The van der Waals surface area contributed by atoms with Crippen molar-refractivity contribution in [3.05, 3.63) is 48.0 Å². The number of carbonyl (C=O) groups excluding carboxylic acids is 2. The molecule has 1 heterocycles. The lowest BCUT2D eigenvalue weighted by Crippen LogP contribution is -2.38. The SMILES string of the molecule is COc1cc(NC(=O)[C@H]2CCC(=O)N2C)cc(Oc2ccc(C(F)(F)F)cc2)c1. The molecule has 2 aromatic rings. The fourth-order valence-electron chi connectivity index (χ4n) is 3.01. The first-order chi connectivity index (χ1) is 13.7. The lowest BCUT2D eigenvalue weighted by molar-refractivity contribution is -0.137. The van der Waals surface area contributed by atoms with E-state index >= 15 is 0 Å². The first-order valence-corrected chi connectivity index (χ1v) is 8.78. The van der Waals surface area contributed by atoms with Crippen molar-refractivity contribution in [3.8, 4) is 17.2 Å². The molecule has 3 rings (SSSR count). The monoisotopic (exact) mass is 408 g/mol. The van der Waals surface area contributed by atoms with Crippen LogP contribution >= 0.6 is 0 Å². The highest BCUT2D eigenvalue weighted by Crippen LogP contribution is 2.33. The van der Waals surface area contributed by atoms with Crippen molar-refractivity contribution in [2.75, 3.05) is 19.5 Å². The summed E-state index contributed by atoms with van der Waals surface area (Å²) in [7, 11) is 3.01. The predicted molar refractivity (Wildman–Crippen MR) is 98.9 cm³/mol. The topological polar surface area (TPSA) is 67.9 Å². The van der Waals surface area contributed by atoms with Crippen LogP contribution in [0.3, 0.4) is 0 Å². The molecule has 2 aromatic carbocycles. The van der Waals surface area contributed by atoms with Crippen LogP contribution in [0.25, 0.3) is 0 Å². The molecule has 0 aliphatic carbocycles. The smallest absolute Gasteiger partial charge is 0.416 e. The van der Waals surface area contributed by atoms with Crippen LogP contribution in [0.2, 0.25) is 0 Å². The van der Waals surface area contributed by atoms with Gasteiger partial charge in [-0.05, 0) is 30.7 Å². The van der Waals surface area contributed by atoms with Crippen molar-refractivity contribution in [2.45, 2.75) is 25.1 Å². The minimum atomic E-state index is -4.43. The summed E-state index contributed by atoms with van der Waals surface area (Å²) >= 11 is 0. The number of carbonyl (C=O) groups is 2. The molecule has 0 bridgehead atoms. The zero-order valence-corrected chi connectivity index (χ0v) is 15.7. The molecular weight excluding hydrogens is 389 g/mol. The van der Waals surface area contributed by atoms with Crippen molar-refractivity contribution >= 4 is 17.5 Å². The first kappa shape index (κ1) is 20.5. The van der Waals surface area contributed by atoms with Crippen molar-refractivity contribution < 1.29 is 32.2 Å². The standard InChI is InChI=1S/C20H19F3N2O4/c1-25-17(7-8-18(25)26)19(27)24-13-9-15(28-2)11-16(10-13)29-14-5-3-12(4-6-14)20(21,22)23/h3-6,9-11,17H,7-8H2,1-2H3,(H,24,27)/t17-/m1/s1. The van der Waals surface area contributed by atoms with Crippen molar-refractivity contribution in [1.82, 2.24) is 4.90 Å². The third kappa shape index (κ3) is 4.79. The van der Waals surface area contributed by atoms with Gasteiger partial charge in [-0.25, -0.2) is 0 Å². The van der Waals surface area contributed by atoms with E-state index < -0.39 is 17.8 Å². The van der Waals surface area contributed by atoms with Crippen LogP contribution in [0.5, 0.6) is 17.2 Å². The van der Waals surface area contributed by atoms with Gasteiger partial charge in [0.25, 0.3) is 0 Å². The van der Waals surface area contributed by atoms with E-state index in [2.05, 4.69) is 5.32 Å². The molecule has 1 N–H and O–H groups in total. The summed E-state index contributed by atoms with van der Waals surface area (Å²) < 4.78 is 48.8. The van der Waals surface area contributed by atoms with Crippen LogP contribution in [-0.2, 0) is 15.8 Å². The second-order valence-corrected chi connectivity index (χ2v) is 6.57. The maximum atomic E-state index is 12.7. The average Bonchev–Trinajstić information content (AvgIpc) is 3.00. The average molecular weight is 408 g/mol. The van der Waals surface area contributed by atoms with Crippen molar-refractivity contribution in [2.24, 2.45) is 0 Å². The van der Waals surface area contributed by atoms with E-state index in [1.165, 1.54) is 30.2 Å². The number of likely N-dealkylation sites (tertiary alicyclic amines) is 1. The van der Waals surface area contributed by atoms with Crippen LogP contribution in [0.4, 0.5) is 18.9 Å². The van der Waals surface area contributed by atoms with Crippen LogP contribution in [0.15, 0.2) is 42.5 Å². The molecule has 154 valence electrons. The second-order valence-electron chi connectivity index (χ2n) is 6.57. The van der Waals surface area contributed by atoms with Crippen molar-refractivity contribution in [3.63, 3.8) is 0 Å². The van der Waals surface area contributed by atoms with Gasteiger partial charge >= 0.3 is 6.18 Å². The number of anilines is 1. The van der Waals surface area contributed by atoms with Gasteiger partial charge in [-0.2, -0.15) is 13.2 Å². The summed E-state index contributed by atoms with van der Waals surface area (Å²) in [6.07, 6.45) is -3.68. The molecule has 1 saturated heterocycles. The summed E-state index contributed by atoms with van der Waals surface area (Å²) in [6, 6.07) is 8.34. The third-order valence-corrected chi connectivity index (χ3v) is 4.60. The summed E-state index contributed by atoms with van der Waals surface area (Å²) in [4.78, 5) is 25.5. The van der Waals surface area contributed by atoms with Crippen LogP contribution in [-0.4, -0.2) is 36.9 Å². The Labute approximate surface area is 165 Å². The Morgan fingerprint density at radius 2 is 1.76 bits per heavy atom. The predicted octanol–water partition coefficient (Wildman–Crippen LogP) is 4.07. The highest BCUT2D eigenvalue weighted by atomic mass is 19.4. The largest absolute Gasteiger partial charge is 0.497 e. The Kier molecular flexibility index (Phi) is 5.67. The number of methoxy groups -OCH3 is 1. The number of benzene rings is 2. The fourth-order valence-corrected chi connectivity index (χ4v) is 3.01. The van der Waals surface area contributed by atoms with E-state index in [4.69, 9.17) is 9.47 Å². The number of halogens is 3. The molecule has 0 radical (unpaired) electrons. The van der Waals surface area contributed by atoms with E-state index in [1.807, 2.05) is 0 Å². The van der Waals surface area contributed by atoms with Crippen LogP contribution < -0.4 is 14.8 Å². The van der Waals surface area contributed by atoms with Gasteiger partial charge in [-0.1, -0.05) is 0 Å². The molecule has 0 unspecified atom stereocenters. The first-order valence-electron chi connectivity index (χ1n) is 8.78. The number of hydrogen-bond acceptors (Lipinski definition) is 4. The minimum absolute atomic E-state index is 0.0953. The molecule has 0 saturated carbocycles. The molecule has 1 atom stereocenters. The van der Waals surface area contributed by atoms with Gasteiger partial charge in [0.05, 0.1) is 12.7 Å². The van der Waals surface area contributed by atoms with Crippen LogP contribution in [0, 0.1) is 0 Å². The van der Waals surface area contributed by atoms with Gasteiger partial charge < -0.3 is 19.7 Å². The second kappa shape index (κ2) is 8.02. The van der Waals surface area contributed by atoms with E-state index in [9.17, 15) is 22.8 Å². The van der Waals surface area contributed by atoms with Gasteiger partial charge in [0.15, 0.2) is 0 Å². The number of amides is 2. The van der Waals surface area contributed by atoms with Gasteiger partial charge in [0.2, 0.25) is 11.8 Å². The number of likely N-dealkylation sites (N-methyl/N-ethyl adjacent to an activating group) is 1. The highest BCUT2D eigenvalue weighted by Gasteiger charge is 2.33. The number of rotatable bonds is 5. The molecule has 1 aliphatic heterocycles. The molecule has 9 heteroatoms. The summed E-state index contributed by atoms with van der Waals surface area (Å²) in [5.41, 5.74) is -0.400. The maximum Gasteiger partial charge on any atom is 0.416 e. The number of alkyl halides is 3. The Morgan fingerprint density at radius 3 is 2.31 bits per heavy atom. The lowest BCUT2D eigenvalue weighted by atomic mass is 10.2. The number of nitrogens with one attached hydrogen (secondary N) is 1. The van der Waals surface area contributed by atoms with Gasteiger partial charge in [-0.3, -0.25) is 9.59 Å². The highest BCUT2D eigenvalue weighted by molar-refractivity contribution is 5.99. The lowest BCUT2D eigenvalue weighted by Gasteiger charge is -2.19. The number of ether oxygens (including phenoxy) is 2. The van der Waals surface area contributed by atoms with E-state index in [0.717, 1.165) is 12.1 Å². The Morgan fingerprint density at radius 1 is 1.10 bits per heavy atom. The summed E-state index contributed by atoms with van der Waals surface area (Å²) in [6.45, 7) is 0. The van der Waals surface area contributed by atoms with Gasteiger partial charge in [-0.15, -0.1) is 0 Å². The van der Waals surface area contributed by atoms with E-state index in [-0.39, 0.29) is 23.3 Å². The molecule has 2 amide bonds. The Bertz CT molecular complexity index is 913. The third-order valence-electron chi connectivity index (χ3n) is 4.60. The zero-order chi connectivity index (χ0) is 21.2. The van der Waals surface area contributed by atoms with E-state index in [0.29, 0.717) is 24.3 Å². The molecule has 1 fully saturated rings. The van der Waals surface area contributed by atoms with Gasteiger partial charge in [0.1, 0.15) is 23.3 Å². The summed E-state index contributed by atoms with van der Waals surface area (Å²) in [5, 5.41) is 2.72. The molecule has 29 heavy (non-hydrogen) atoms. The number of nitrogens with zero attached hydrogens (tertiary/aromatic N) is 1. The molecular formula is C20H19F3N2O4. The minimum Gasteiger partial charge on any atom is -0.497 e. The zero-order valence-electron chi connectivity index (χ0n) is 15.7. The Balaban J connectivity index is 1.76. The van der Waals surface area contributed by atoms with Crippen LogP contribution in [0.1, 0.15) is 18.4 Å². The van der Waals surface area contributed by atoms with E-state index in [1.54, 1.807) is 19.2 Å². The van der Waals surface area contributed by atoms with Crippen molar-refractivity contribution in [1.29, 1.82) is 0 Å². The van der Waals surface area contributed by atoms with Gasteiger partial charge in [0, 0.05) is 37.4 Å².